The Bertz CT molecular complexity index is 650. The molecule has 2 amide bonds. The molecule has 0 aliphatic carbocycles. The van der Waals surface area contributed by atoms with E-state index in [9.17, 15) is 9.59 Å². The molecule has 2 rings (SSSR count). The number of nitrogens with one attached hydrogen (secondary N) is 2. The van der Waals surface area contributed by atoms with E-state index in [1.165, 1.54) is 0 Å². The Morgan fingerprint density at radius 1 is 1.38 bits per heavy atom. The first-order valence-corrected chi connectivity index (χ1v) is 9.01. The molecular formula is C18H30N4O4. The van der Waals surface area contributed by atoms with Gasteiger partial charge in [-0.05, 0) is 40.5 Å². The SMILES string of the molecule is CCc1nc(C(=O)N[C@H]2CCN(C(=O)OC(C)(C)C)C[C@H]2OC)[nH]c1C. The number of piperidine rings is 1. The number of nitrogens with zero attached hydrogens (tertiary/aromatic N) is 2. The van der Waals surface area contributed by atoms with E-state index < -0.39 is 5.60 Å². The predicted octanol–water partition coefficient (Wildman–Crippen LogP) is 2.03. The van der Waals surface area contributed by atoms with E-state index in [0.29, 0.717) is 25.3 Å². The molecule has 146 valence electrons. The Balaban J connectivity index is 1.98. The summed E-state index contributed by atoms with van der Waals surface area (Å²) in [5.74, 6) is 0.0503. The van der Waals surface area contributed by atoms with Gasteiger partial charge in [-0.1, -0.05) is 6.92 Å². The van der Waals surface area contributed by atoms with Gasteiger partial charge in [0.25, 0.3) is 5.91 Å². The number of rotatable bonds is 4. The number of carbonyl (C=O) groups is 2. The zero-order chi connectivity index (χ0) is 19.5. The molecule has 1 aromatic rings. The van der Waals surface area contributed by atoms with Crippen LogP contribution in [0, 0.1) is 6.92 Å². The molecule has 0 bridgehead atoms. The van der Waals surface area contributed by atoms with Crippen molar-refractivity contribution in [3.05, 3.63) is 17.2 Å². The molecule has 26 heavy (non-hydrogen) atoms. The number of aromatic amines is 1. The quantitative estimate of drug-likeness (QED) is 0.850. The highest BCUT2D eigenvalue weighted by molar-refractivity contribution is 5.91. The fourth-order valence-electron chi connectivity index (χ4n) is 3.00. The van der Waals surface area contributed by atoms with E-state index >= 15 is 0 Å². The molecule has 8 heteroatoms. The molecular weight excluding hydrogens is 336 g/mol. The van der Waals surface area contributed by atoms with Crippen molar-refractivity contribution in [2.75, 3.05) is 20.2 Å². The van der Waals surface area contributed by atoms with E-state index in [0.717, 1.165) is 17.8 Å². The zero-order valence-corrected chi connectivity index (χ0v) is 16.5. The Morgan fingerprint density at radius 3 is 2.62 bits per heavy atom. The van der Waals surface area contributed by atoms with Crippen LogP contribution in [-0.4, -0.2) is 64.8 Å². The smallest absolute Gasteiger partial charge is 0.410 e. The first-order chi connectivity index (χ1) is 12.1. The molecule has 1 fully saturated rings. The molecule has 1 aliphatic heterocycles. The fourth-order valence-corrected chi connectivity index (χ4v) is 3.00. The van der Waals surface area contributed by atoms with Crippen molar-refractivity contribution in [2.24, 2.45) is 0 Å². The van der Waals surface area contributed by atoms with Crippen molar-refractivity contribution in [1.82, 2.24) is 20.2 Å². The van der Waals surface area contributed by atoms with Crippen LogP contribution in [0.15, 0.2) is 0 Å². The lowest BCUT2D eigenvalue weighted by Crippen LogP contribution is -2.56. The van der Waals surface area contributed by atoms with Gasteiger partial charge in [0.05, 0.1) is 24.4 Å². The molecule has 0 radical (unpaired) electrons. The van der Waals surface area contributed by atoms with Gasteiger partial charge in [0.2, 0.25) is 0 Å². The van der Waals surface area contributed by atoms with Crippen molar-refractivity contribution >= 4 is 12.0 Å². The number of hydrogen-bond donors (Lipinski definition) is 2. The van der Waals surface area contributed by atoms with E-state index in [1.54, 1.807) is 12.0 Å². The van der Waals surface area contributed by atoms with Gasteiger partial charge in [-0.15, -0.1) is 0 Å². The molecule has 0 saturated carbocycles. The summed E-state index contributed by atoms with van der Waals surface area (Å²) in [6.07, 6.45) is 0.689. The minimum atomic E-state index is -0.543. The molecule has 1 aromatic heterocycles. The first kappa shape index (κ1) is 20.2. The van der Waals surface area contributed by atoms with Crippen molar-refractivity contribution in [1.29, 1.82) is 0 Å². The average Bonchev–Trinajstić information content (AvgIpc) is 2.94. The van der Waals surface area contributed by atoms with E-state index in [1.807, 2.05) is 34.6 Å². The summed E-state index contributed by atoms with van der Waals surface area (Å²) >= 11 is 0. The van der Waals surface area contributed by atoms with Gasteiger partial charge in [-0.25, -0.2) is 9.78 Å². The van der Waals surface area contributed by atoms with E-state index in [4.69, 9.17) is 9.47 Å². The summed E-state index contributed by atoms with van der Waals surface area (Å²) in [4.78, 5) is 33.7. The number of amides is 2. The van der Waals surface area contributed by atoms with Crippen LogP contribution in [0.4, 0.5) is 4.79 Å². The minimum absolute atomic E-state index is 0.193. The van der Waals surface area contributed by atoms with Gasteiger partial charge in [0, 0.05) is 19.3 Å². The maximum absolute atomic E-state index is 12.5. The number of aromatic nitrogens is 2. The number of H-pyrrole nitrogens is 1. The van der Waals surface area contributed by atoms with Crippen LogP contribution in [0.2, 0.25) is 0 Å². The van der Waals surface area contributed by atoms with Crippen LogP contribution in [0.1, 0.15) is 56.1 Å². The highest BCUT2D eigenvalue weighted by atomic mass is 16.6. The maximum atomic E-state index is 12.5. The van der Waals surface area contributed by atoms with Crippen molar-refractivity contribution in [3.63, 3.8) is 0 Å². The molecule has 2 atom stereocenters. The van der Waals surface area contributed by atoms with Gasteiger partial charge in [-0.3, -0.25) is 4.79 Å². The van der Waals surface area contributed by atoms with Crippen molar-refractivity contribution in [2.45, 2.75) is 65.2 Å². The molecule has 1 saturated heterocycles. The van der Waals surface area contributed by atoms with Gasteiger partial charge in [0.1, 0.15) is 5.60 Å². The number of carbonyl (C=O) groups excluding carboxylic acids is 2. The third kappa shape index (κ3) is 4.97. The summed E-state index contributed by atoms with van der Waals surface area (Å²) < 4.78 is 10.9. The predicted molar refractivity (Wildman–Crippen MR) is 97.2 cm³/mol. The number of likely N-dealkylation sites (tertiary alicyclic amines) is 1. The summed E-state index contributed by atoms with van der Waals surface area (Å²) in [5, 5.41) is 2.97. The summed E-state index contributed by atoms with van der Waals surface area (Å²) in [7, 11) is 1.58. The highest BCUT2D eigenvalue weighted by Gasteiger charge is 2.35. The second-order valence-corrected chi connectivity index (χ2v) is 7.58. The molecule has 0 spiro atoms. The fraction of sp³-hybridized carbons (Fsp3) is 0.722. The second kappa shape index (κ2) is 8.07. The molecule has 8 nitrogen and oxygen atoms in total. The molecule has 2 N–H and O–H groups in total. The maximum Gasteiger partial charge on any atom is 0.410 e. The third-order valence-corrected chi connectivity index (χ3v) is 4.37. The normalized spacial score (nSPS) is 20.8. The van der Waals surface area contributed by atoms with Crippen LogP contribution in [0.5, 0.6) is 0 Å². The number of methoxy groups -OCH3 is 1. The van der Waals surface area contributed by atoms with Crippen LogP contribution >= 0.6 is 0 Å². The zero-order valence-electron chi connectivity index (χ0n) is 16.5. The monoisotopic (exact) mass is 366 g/mol. The Hall–Kier alpha value is -2.09. The summed E-state index contributed by atoms with van der Waals surface area (Å²) in [6.45, 7) is 10.3. The summed E-state index contributed by atoms with van der Waals surface area (Å²) in [5.41, 5.74) is 1.25. The lowest BCUT2D eigenvalue weighted by molar-refractivity contribution is -0.0172. The van der Waals surface area contributed by atoms with E-state index in [-0.39, 0.29) is 24.1 Å². The number of aryl methyl sites for hydroxylation is 2. The molecule has 0 aromatic carbocycles. The van der Waals surface area contributed by atoms with Crippen LogP contribution in [0.3, 0.4) is 0 Å². The second-order valence-electron chi connectivity index (χ2n) is 7.58. The third-order valence-electron chi connectivity index (χ3n) is 4.37. The van der Waals surface area contributed by atoms with Crippen LogP contribution in [0.25, 0.3) is 0 Å². The molecule has 0 unspecified atom stereocenters. The highest BCUT2D eigenvalue weighted by Crippen LogP contribution is 2.18. The van der Waals surface area contributed by atoms with E-state index in [2.05, 4.69) is 15.3 Å². The topological polar surface area (TPSA) is 96.6 Å². The number of ether oxygens (including phenoxy) is 2. The Kier molecular flexibility index (Phi) is 6.28. The minimum Gasteiger partial charge on any atom is -0.444 e. The molecule has 1 aliphatic rings. The average molecular weight is 366 g/mol. The number of imidazole rings is 1. The van der Waals surface area contributed by atoms with Crippen molar-refractivity contribution < 1.29 is 19.1 Å². The van der Waals surface area contributed by atoms with Crippen molar-refractivity contribution in [3.8, 4) is 0 Å². The number of hydrogen-bond acceptors (Lipinski definition) is 5. The van der Waals surface area contributed by atoms with Crippen LogP contribution in [-0.2, 0) is 15.9 Å². The first-order valence-electron chi connectivity index (χ1n) is 9.01. The van der Waals surface area contributed by atoms with Gasteiger partial charge >= 0.3 is 6.09 Å². The summed E-state index contributed by atoms with van der Waals surface area (Å²) in [6, 6.07) is -0.193. The molecule has 2 heterocycles. The van der Waals surface area contributed by atoms with Crippen LogP contribution < -0.4 is 5.32 Å². The largest absolute Gasteiger partial charge is 0.444 e. The van der Waals surface area contributed by atoms with Gasteiger partial charge < -0.3 is 24.7 Å². The van der Waals surface area contributed by atoms with Gasteiger partial charge in [0.15, 0.2) is 5.82 Å². The lowest BCUT2D eigenvalue weighted by atomic mass is 10.0. The lowest BCUT2D eigenvalue weighted by Gasteiger charge is -2.38. The standard InChI is InChI=1S/C18H30N4O4/c1-7-12-11(2)19-15(20-12)16(23)21-13-8-9-22(10-14(13)25-6)17(24)26-18(3,4)5/h13-14H,7-10H2,1-6H3,(H,19,20)(H,21,23)/t13-,14+/m0/s1. The Labute approximate surface area is 154 Å². The Morgan fingerprint density at radius 2 is 2.08 bits per heavy atom. The van der Waals surface area contributed by atoms with Gasteiger partial charge in [-0.2, -0.15) is 0 Å².